The molecule has 2 aromatic rings. The topological polar surface area (TPSA) is 29.5 Å². The highest BCUT2D eigenvalue weighted by molar-refractivity contribution is 9.10. The molecule has 2 aromatic carbocycles. The number of hydrogen-bond acceptors (Lipinski definition) is 2. The summed E-state index contributed by atoms with van der Waals surface area (Å²) in [7, 11) is 0. The van der Waals surface area contributed by atoms with Gasteiger partial charge in [-0.1, -0.05) is 40.2 Å². The average Bonchev–Trinajstić information content (AvgIpc) is 2.36. The molecule has 106 valence electrons. The van der Waals surface area contributed by atoms with Gasteiger partial charge < -0.3 is 9.84 Å². The molecular formula is C14H10BrF3O2. The summed E-state index contributed by atoms with van der Waals surface area (Å²) in [4.78, 5) is 0. The van der Waals surface area contributed by atoms with E-state index in [1.165, 1.54) is 24.3 Å². The second-order valence-corrected chi connectivity index (χ2v) is 4.99. The Kier molecular flexibility index (Phi) is 4.35. The lowest BCUT2D eigenvalue weighted by molar-refractivity contribution is -0.274. The zero-order valence-electron chi connectivity index (χ0n) is 10.1. The van der Waals surface area contributed by atoms with Crippen molar-refractivity contribution in [2.45, 2.75) is 12.5 Å². The monoisotopic (exact) mass is 346 g/mol. The summed E-state index contributed by atoms with van der Waals surface area (Å²) in [5.41, 5.74) is 0.897. The summed E-state index contributed by atoms with van der Waals surface area (Å²) >= 11 is 3.27. The Morgan fingerprint density at radius 2 is 1.60 bits per heavy atom. The maximum absolute atomic E-state index is 12.2. The lowest BCUT2D eigenvalue weighted by Crippen LogP contribution is -2.17. The minimum Gasteiger partial charge on any atom is -0.406 e. The number of alkyl halides is 3. The quantitative estimate of drug-likeness (QED) is 0.890. The van der Waals surface area contributed by atoms with Crippen LogP contribution in [-0.4, -0.2) is 11.5 Å². The smallest absolute Gasteiger partial charge is 0.406 e. The Morgan fingerprint density at radius 1 is 1.00 bits per heavy atom. The number of halogens is 4. The van der Waals surface area contributed by atoms with Gasteiger partial charge in [0.2, 0.25) is 0 Å². The molecule has 2 rings (SSSR count). The highest BCUT2D eigenvalue weighted by Crippen LogP contribution is 2.29. The van der Waals surface area contributed by atoms with Gasteiger partial charge >= 0.3 is 6.36 Å². The number of aliphatic hydroxyl groups excluding tert-OH is 1. The van der Waals surface area contributed by atoms with E-state index < -0.39 is 12.5 Å². The van der Waals surface area contributed by atoms with Gasteiger partial charge in [0.1, 0.15) is 11.9 Å². The molecule has 0 aliphatic rings. The molecule has 1 N–H and O–H groups in total. The number of aliphatic hydroxyl groups is 1. The van der Waals surface area contributed by atoms with Gasteiger partial charge in [-0.15, -0.1) is 13.2 Å². The highest BCUT2D eigenvalue weighted by atomic mass is 79.9. The van der Waals surface area contributed by atoms with Crippen molar-refractivity contribution in [3.8, 4) is 5.75 Å². The molecule has 2 nitrogen and oxygen atoms in total. The average molecular weight is 347 g/mol. The van der Waals surface area contributed by atoms with Gasteiger partial charge in [0.05, 0.1) is 0 Å². The summed E-state index contributed by atoms with van der Waals surface area (Å²) in [6.45, 7) is 0. The van der Waals surface area contributed by atoms with E-state index in [1.807, 2.05) is 0 Å². The van der Waals surface area contributed by atoms with Crippen LogP contribution in [0.3, 0.4) is 0 Å². The number of hydrogen-bond donors (Lipinski definition) is 1. The van der Waals surface area contributed by atoms with Gasteiger partial charge in [0.15, 0.2) is 0 Å². The second kappa shape index (κ2) is 5.85. The Balaban J connectivity index is 2.26. The van der Waals surface area contributed by atoms with Gasteiger partial charge in [0, 0.05) is 4.47 Å². The van der Waals surface area contributed by atoms with E-state index in [0.717, 1.165) is 4.47 Å². The molecule has 0 spiro atoms. The Morgan fingerprint density at radius 3 is 2.20 bits per heavy atom. The van der Waals surface area contributed by atoms with Gasteiger partial charge in [-0.3, -0.25) is 0 Å². The van der Waals surface area contributed by atoms with Gasteiger partial charge in [-0.2, -0.15) is 0 Å². The minimum atomic E-state index is -4.75. The highest BCUT2D eigenvalue weighted by Gasteiger charge is 2.31. The Labute approximate surface area is 121 Å². The SMILES string of the molecule is OC(c1cccc(Br)c1)c1cccc(OC(F)(F)F)c1. The maximum atomic E-state index is 12.2. The van der Waals surface area contributed by atoms with Crippen LogP contribution >= 0.6 is 15.9 Å². The molecule has 1 unspecified atom stereocenters. The van der Waals surface area contributed by atoms with Crippen molar-refractivity contribution in [3.05, 3.63) is 64.1 Å². The van der Waals surface area contributed by atoms with E-state index >= 15 is 0 Å². The van der Waals surface area contributed by atoms with E-state index in [0.29, 0.717) is 11.1 Å². The Bertz CT molecular complexity index is 599. The maximum Gasteiger partial charge on any atom is 0.573 e. The number of ether oxygens (including phenoxy) is 1. The van der Waals surface area contributed by atoms with Crippen LogP contribution in [0.15, 0.2) is 53.0 Å². The fraction of sp³-hybridized carbons (Fsp3) is 0.143. The van der Waals surface area contributed by atoms with Crippen LogP contribution in [-0.2, 0) is 0 Å². The van der Waals surface area contributed by atoms with Crippen molar-refractivity contribution in [1.29, 1.82) is 0 Å². The number of rotatable bonds is 3. The molecule has 0 aromatic heterocycles. The van der Waals surface area contributed by atoms with Crippen molar-refractivity contribution in [2.24, 2.45) is 0 Å². The lowest BCUT2D eigenvalue weighted by atomic mass is 10.0. The van der Waals surface area contributed by atoms with Crippen LogP contribution in [0.2, 0.25) is 0 Å². The molecule has 0 amide bonds. The minimum absolute atomic E-state index is 0.324. The summed E-state index contributed by atoms with van der Waals surface area (Å²) in [5.74, 6) is -0.357. The Hall–Kier alpha value is -1.53. The second-order valence-electron chi connectivity index (χ2n) is 4.08. The molecule has 6 heteroatoms. The van der Waals surface area contributed by atoms with Crippen molar-refractivity contribution in [3.63, 3.8) is 0 Å². The summed E-state index contributed by atoms with van der Waals surface area (Å²) in [6, 6.07) is 12.2. The zero-order chi connectivity index (χ0) is 14.8. The van der Waals surface area contributed by atoms with Crippen LogP contribution < -0.4 is 4.74 Å². The first kappa shape index (κ1) is 14.9. The lowest BCUT2D eigenvalue weighted by Gasteiger charge is -2.14. The molecule has 0 saturated heterocycles. The molecule has 0 saturated carbocycles. The molecule has 0 aliphatic carbocycles. The fourth-order valence-electron chi connectivity index (χ4n) is 1.75. The van der Waals surface area contributed by atoms with E-state index in [1.54, 1.807) is 24.3 Å². The van der Waals surface area contributed by atoms with Crippen LogP contribution in [0.25, 0.3) is 0 Å². The first-order chi connectivity index (χ1) is 9.35. The molecule has 0 radical (unpaired) electrons. The molecular weight excluding hydrogens is 337 g/mol. The van der Waals surface area contributed by atoms with Crippen LogP contribution in [0.4, 0.5) is 13.2 Å². The van der Waals surface area contributed by atoms with E-state index in [-0.39, 0.29) is 5.75 Å². The third-order valence-corrected chi connectivity index (χ3v) is 3.07. The molecule has 0 fully saturated rings. The molecule has 0 bridgehead atoms. The first-order valence-electron chi connectivity index (χ1n) is 5.64. The number of benzene rings is 2. The predicted octanol–water partition coefficient (Wildman–Crippen LogP) is 4.43. The summed E-state index contributed by atoms with van der Waals surface area (Å²) < 4.78 is 41.1. The van der Waals surface area contributed by atoms with Gasteiger partial charge in [-0.05, 0) is 35.4 Å². The van der Waals surface area contributed by atoms with Gasteiger partial charge in [-0.25, -0.2) is 0 Å². The molecule has 20 heavy (non-hydrogen) atoms. The van der Waals surface area contributed by atoms with E-state index in [4.69, 9.17) is 0 Å². The first-order valence-corrected chi connectivity index (χ1v) is 6.44. The molecule has 0 heterocycles. The molecule has 0 aliphatic heterocycles. The normalized spacial score (nSPS) is 13.1. The molecule has 1 atom stereocenters. The zero-order valence-corrected chi connectivity index (χ0v) is 11.6. The standard InChI is InChI=1S/C14H10BrF3O2/c15-11-5-1-3-9(7-11)13(19)10-4-2-6-12(8-10)20-14(16,17)18/h1-8,13,19H. The van der Waals surface area contributed by atoms with E-state index in [2.05, 4.69) is 20.7 Å². The van der Waals surface area contributed by atoms with Crippen molar-refractivity contribution >= 4 is 15.9 Å². The summed E-state index contributed by atoms with van der Waals surface area (Å²) in [5, 5.41) is 10.2. The van der Waals surface area contributed by atoms with Crippen LogP contribution in [0.5, 0.6) is 5.75 Å². The van der Waals surface area contributed by atoms with Gasteiger partial charge in [0.25, 0.3) is 0 Å². The van der Waals surface area contributed by atoms with Crippen molar-refractivity contribution in [2.75, 3.05) is 0 Å². The van der Waals surface area contributed by atoms with Crippen molar-refractivity contribution in [1.82, 2.24) is 0 Å². The van der Waals surface area contributed by atoms with Crippen LogP contribution in [0.1, 0.15) is 17.2 Å². The largest absolute Gasteiger partial charge is 0.573 e. The predicted molar refractivity (Wildman–Crippen MR) is 71.3 cm³/mol. The summed E-state index contributed by atoms with van der Waals surface area (Å²) in [6.07, 6.45) is -5.77. The van der Waals surface area contributed by atoms with Crippen LogP contribution in [0, 0.1) is 0 Å². The third kappa shape index (κ3) is 3.98. The van der Waals surface area contributed by atoms with Crippen molar-refractivity contribution < 1.29 is 23.0 Å². The third-order valence-electron chi connectivity index (χ3n) is 2.57. The fourth-order valence-corrected chi connectivity index (χ4v) is 2.17. The van der Waals surface area contributed by atoms with E-state index in [9.17, 15) is 18.3 Å².